The minimum Gasteiger partial charge on any atom is -0.368 e. The SMILES string of the molecule is N#CN=C(N)NN(S)C(N)=O. The lowest BCUT2D eigenvalue weighted by Gasteiger charge is -2.12. The summed E-state index contributed by atoms with van der Waals surface area (Å²) in [6.45, 7) is 0. The number of nitrogens with zero attached hydrogens (tertiary/aromatic N) is 3. The fourth-order valence-electron chi connectivity index (χ4n) is 0.242. The number of amides is 2. The predicted octanol–water partition coefficient (Wildman–Crippen LogP) is -1.49. The molecule has 0 saturated heterocycles. The number of urea groups is 1. The van der Waals surface area contributed by atoms with Crippen molar-refractivity contribution in [3.8, 4) is 6.19 Å². The summed E-state index contributed by atoms with van der Waals surface area (Å²) in [6, 6.07) is -0.857. The molecule has 0 atom stereocenters. The molecule has 0 radical (unpaired) electrons. The summed E-state index contributed by atoms with van der Waals surface area (Å²) in [5.74, 6) is -0.263. The molecular weight excluding hydrogens is 168 g/mol. The van der Waals surface area contributed by atoms with Crippen LogP contribution in [0.25, 0.3) is 0 Å². The van der Waals surface area contributed by atoms with E-state index >= 15 is 0 Å². The molecule has 0 saturated carbocycles. The third-order valence-corrected chi connectivity index (χ3v) is 0.897. The van der Waals surface area contributed by atoms with E-state index in [4.69, 9.17) is 16.7 Å². The van der Waals surface area contributed by atoms with Crippen LogP contribution in [0.5, 0.6) is 0 Å². The summed E-state index contributed by atoms with van der Waals surface area (Å²) in [5.41, 5.74) is 11.9. The van der Waals surface area contributed by atoms with Gasteiger partial charge in [0.15, 0.2) is 0 Å². The summed E-state index contributed by atoms with van der Waals surface area (Å²) in [6.07, 6.45) is 1.40. The first kappa shape index (κ1) is 9.38. The minimum atomic E-state index is -0.857. The molecular formula is C3H6N6OS. The van der Waals surface area contributed by atoms with E-state index in [9.17, 15) is 4.79 Å². The standard InChI is InChI=1S/C3H6N6OS/c4-1-7-2(5)8-9(11)3(6)10/h11H,(H2,6,10)(H3,5,7,8). The fourth-order valence-corrected chi connectivity index (χ4v) is 0.345. The number of nitrogens with two attached hydrogens (primary N) is 2. The summed E-state index contributed by atoms with van der Waals surface area (Å²) in [5, 5.41) is 7.97. The summed E-state index contributed by atoms with van der Waals surface area (Å²) in [4.78, 5) is 13.3. The molecule has 7 nitrogen and oxygen atoms in total. The first-order chi connectivity index (χ1) is 5.07. The van der Waals surface area contributed by atoms with Crippen molar-refractivity contribution < 1.29 is 4.79 Å². The molecule has 0 aliphatic rings. The molecule has 0 aromatic heterocycles. The van der Waals surface area contributed by atoms with Crippen molar-refractivity contribution in [2.24, 2.45) is 16.5 Å². The smallest absolute Gasteiger partial charge is 0.343 e. The van der Waals surface area contributed by atoms with Crippen molar-refractivity contribution in [1.29, 1.82) is 5.26 Å². The number of guanidine groups is 1. The lowest BCUT2D eigenvalue weighted by molar-refractivity contribution is 0.231. The Balaban J connectivity index is 3.97. The van der Waals surface area contributed by atoms with Gasteiger partial charge in [-0.1, -0.05) is 0 Å². The van der Waals surface area contributed by atoms with Gasteiger partial charge < -0.3 is 11.5 Å². The van der Waals surface area contributed by atoms with E-state index in [1.54, 1.807) is 0 Å². The van der Waals surface area contributed by atoms with Gasteiger partial charge in [-0.3, -0.25) is 5.43 Å². The van der Waals surface area contributed by atoms with Crippen LogP contribution < -0.4 is 16.9 Å². The van der Waals surface area contributed by atoms with Gasteiger partial charge in [-0.2, -0.15) is 9.68 Å². The number of nitrogens with one attached hydrogen (secondary N) is 1. The van der Waals surface area contributed by atoms with Crippen LogP contribution in [-0.2, 0) is 0 Å². The number of rotatable bonds is 0. The summed E-state index contributed by atoms with van der Waals surface area (Å²) < 4.78 is 0.593. The zero-order chi connectivity index (χ0) is 8.85. The Kier molecular flexibility index (Phi) is 3.61. The van der Waals surface area contributed by atoms with Gasteiger partial charge in [0.2, 0.25) is 12.2 Å². The van der Waals surface area contributed by atoms with Gasteiger partial charge in [0, 0.05) is 0 Å². The number of hydrogen-bond donors (Lipinski definition) is 4. The number of carbonyl (C=O) groups is 1. The molecule has 0 aliphatic carbocycles. The van der Waals surface area contributed by atoms with Crippen molar-refractivity contribution in [1.82, 2.24) is 9.84 Å². The van der Waals surface area contributed by atoms with Gasteiger partial charge in [-0.15, -0.1) is 4.99 Å². The van der Waals surface area contributed by atoms with Crippen LogP contribution in [0.2, 0.25) is 0 Å². The van der Waals surface area contributed by atoms with E-state index < -0.39 is 6.03 Å². The zero-order valence-corrected chi connectivity index (χ0v) is 6.25. The lowest BCUT2D eigenvalue weighted by Crippen LogP contribution is -2.45. The average molecular weight is 174 g/mol. The van der Waals surface area contributed by atoms with Crippen LogP contribution >= 0.6 is 12.8 Å². The second-order valence-electron chi connectivity index (χ2n) is 1.36. The lowest BCUT2D eigenvalue weighted by atomic mass is 11.0. The highest BCUT2D eigenvalue weighted by molar-refractivity contribution is 7.78. The molecule has 60 valence electrons. The molecule has 0 aromatic rings. The van der Waals surface area contributed by atoms with Gasteiger partial charge in [0.25, 0.3) is 0 Å². The fraction of sp³-hybridized carbons (Fsp3) is 0. The van der Waals surface area contributed by atoms with Gasteiger partial charge in [-0.05, 0) is 12.8 Å². The van der Waals surface area contributed by atoms with Crippen LogP contribution in [0.3, 0.4) is 0 Å². The number of nitriles is 1. The van der Waals surface area contributed by atoms with E-state index in [0.29, 0.717) is 4.41 Å². The third-order valence-electron chi connectivity index (χ3n) is 0.600. The number of hydrazine groups is 1. The van der Waals surface area contributed by atoms with E-state index in [-0.39, 0.29) is 5.96 Å². The number of aliphatic imine (C=N–C) groups is 1. The van der Waals surface area contributed by atoms with E-state index in [1.807, 2.05) is 0 Å². The summed E-state index contributed by atoms with van der Waals surface area (Å²) in [7, 11) is 0. The maximum Gasteiger partial charge on any atom is 0.343 e. The average Bonchev–Trinajstić information content (AvgIpc) is 1.87. The van der Waals surface area contributed by atoms with E-state index in [2.05, 4.69) is 23.2 Å². The maximum atomic E-state index is 10.3. The molecule has 8 heteroatoms. The van der Waals surface area contributed by atoms with Gasteiger partial charge in [0.1, 0.15) is 0 Å². The molecule has 2 amide bonds. The van der Waals surface area contributed by atoms with Crippen molar-refractivity contribution in [2.45, 2.75) is 0 Å². The van der Waals surface area contributed by atoms with Crippen molar-refractivity contribution in [3.63, 3.8) is 0 Å². The van der Waals surface area contributed by atoms with Crippen molar-refractivity contribution >= 4 is 24.8 Å². The Morgan fingerprint density at radius 3 is 2.64 bits per heavy atom. The molecule has 0 heterocycles. The van der Waals surface area contributed by atoms with Crippen LogP contribution in [-0.4, -0.2) is 16.4 Å². The van der Waals surface area contributed by atoms with Gasteiger partial charge in [0.05, 0.1) is 0 Å². The van der Waals surface area contributed by atoms with E-state index in [0.717, 1.165) is 0 Å². The summed E-state index contributed by atoms with van der Waals surface area (Å²) >= 11 is 3.53. The van der Waals surface area contributed by atoms with Crippen LogP contribution in [0.1, 0.15) is 0 Å². The Bertz CT molecular complexity index is 218. The molecule has 0 unspecified atom stereocenters. The Hall–Kier alpha value is -1.62. The molecule has 0 spiro atoms. The van der Waals surface area contributed by atoms with E-state index in [1.165, 1.54) is 6.19 Å². The number of primary amides is 1. The molecule has 0 aliphatic heterocycles. The quantitative estimate of drug-likeness (QED) is 0.117. The predicted molar refractivity (Wildman–Crippen MR) is 40.8 cm³/mol. The highest BCUT2D eigenvalue weighted by Crippen LogP contribution is 1.83. The second kappa shape index (κ2) is 4.24. The normalized spacial score (nSPS) is 10.0. The largest absolute Gasteiger partial charge is 0.368 e. The van der Waals surface area contributed by atoms with Crippen LogP contribution in [0.15, 0.2) is 4.99 Å². The molecule has 5 N–H and O–H groups in total. The minimum absolute atomic E-state index is 0.263. The monoisotopic (exact) mass is 174 g/mol. The molecule has 0 fully saturated rings. The number of hydrogen-bond acceptors (Lipinski definition) is 4. The second-order valence-corrected chi connectivity index (χ2v) is 1.76. The molecule has 0 aromatic carbocycles. The topological polar surface area (TPSA) is 121 Å². The molecule has 0 rings (SSSR count). The van der Waals surface area contributed by atoms with Gasteiger partial charge >= 0.3 is 6.03 Å². The van der Waals surface area contributed by atoms with Crippen LogP contribution in [0.4, 0.5) is 4.79 Å². The molecule has 0 bridgehead atoms. The van der Waals surface area contributed by atoms with Crippen LogP contribution in [0, 0.1) is 11.5 Å². The Morgan fingerprint density at radius 1 is 1.73 bits per heavy atom. The van der Waals surface area contributed by atoms with Crippen molar-refractivity contribution in [2.75, 3.05) is 0 Å². The first-order valence-electron chi connectivity index (χ1n) is 2.35. The maximum absolute atomic E-state index is 10.3. The highest BCUT2D eigenvalue weighted by Gasteiger charge is 2.03. The van der Waals surface area contributed by atoms with Crippen molar-refractivity contribution in [3.05, 3.63) is 0 Å². The number of thiol groups is 1. The Labute approximate surface area is 68.2 Å². The zero-order valence-electron chi connectivity index (χ0n) is 5.35. The van der Waals surface area contributed by atoms with Gasteiger partial charge in [-0.25, -0.2) is 4.79 Å². The molecule has 11 heavy (non-hydrogen) atoms. The number of carbonyl (C=O) groups excluding carboxylic acids is 1. The third kappa shape index (κ3) is 3.88. The Morgan fingerprint density at radius 2 is 2.27 bits per heavy atom. The first-order valence-corrected chi connectivity index (χ1v) is 2.75. The highest BCUT2D eigenvalue weighted by atomic mass is 32.1.